The molecule has 0 amide bonds. The Morgan fingerprint density at radius 2 is 2.25 bits per heavy atom. The normalized spacial score (nSPS) is 11.8. The first kappa shape index (κ1) is 9.00. The highest BCUT2D eigenvalue weighted by Crippen LogP contribution is 2.13. The van der Waals surface area contributed by atoms with Crippen LogP contribution in [0.15, 0.2) is 23.4 Å². The van der Waals surface area contributed by atoms with Crippen LogP contribution < -0.4 is 0 Å². The van der Waals surface area contributed by atoms with E-state index in [4.69, 9.17) is 16.8 Å². The molecule has 0 atom stereocenters. The van der Waals surface area contributed by atoms with Crippen molar-refractivity contribution in [3.8, 4) is 0 Å². The largest absolute Gasteiger partial charge is 0.410 e. The van der Waals surface area contributed by atoms with Crippen molar-refractivity contribution in [2.45, 2.75) is 6.92 Å². The number of oxime groups is 1. The molecule has 0 heterocycles. The van der Waals surface area contributed by atoms with Gasteiger partial charge in [-0.05, 0) is 24.6 Å². The molecule has 2 nitrogen and oxygen atoms in total. The molecule has 1 aromatic rings. The summed E-state index contributed by atoms with van der Waals surface area (Å²) in [6, 6.07) is 4.11. The van der Waals surface area contributed by atoms with Gasteiger partial charge in [-0.2, -0.15) is 0 Å². The highest BCUT2D eigenvalue weighted by atomic mass is 35.5. The van der Waals surface area contributed by atoms with Crippen molar-refractivity contribution in [3.05, 3.63) is 35.1 Å². The van der Waals surface area contributed by atoms with Gasteiger partial charge < -0.3 is 5.21 Å². The average Bonchev–Trinajstić information content (AvgIpc) is 2.08. The Hall–Kier alpha value is -1.09. The SMILES string of the molecule is Cc1ccc(F)cc1/C(Cl)=N/O. The molecule has 64 valence electrons. The lowest BCUT2D eigenvalue weighted by Crippen LogP contribution is -1.95. The molecule has 0 aliphatic carbocycles. The number of nitrogens with zero attached hydrogens (tertiary/aromatic N) is 1. The molecule has 4 heteroatoms. The van der Waals surface area contributed by atoms with Crippen LogP contribution in [-0.4, -0.2) is 10.4 Å². The lowest BCUT2D eigenvalue weighted by atomic mass is 10.1. The Morgan fingerprint density at radius 1 is 1.58 bits per heavy atom. The summed E-state index contributed by atoms with van der Waals surface area (Å²) in [4.78, 5) is 0. The van der Waals surface area contributed by atoms with Crippen LogP contribution in [0, 0.1) is 12.7 Å². The van der Waals surface area contributed by atoms with E-state index < -0.39 is 5.82 Å². The zero-order valence-electron chi connectivity index (χ0n) is 6.38. The fraction of sp³-hybridized carbons (Fsp3) is 0.125. The summed E-state index contributed by atoms with van der Waals surface area (Å²) in [6.07, 6.45) is 0. The monoisotopic (exact) mass is 187 g/mol. The molecular weight excluding hydrogens is 181 g/mol. The van der Waals surface area contributed by atoms with Crippen molar-refractivity contribution in [1.29, 1.82) is 0 Å². The second-order valence-corrected chi connectivity index (χ2v) is 2.71. The van der Waals surface area contributed by atoms with Crippen molar-refractivity contribution in [3.63, 3.8) is 0 Å². The van der Waals surface area contributed by atoms with E-state index >= 15 is 0 Å². The molecule has 0 aliphatic heterocycles. The van der Waals surface area contributed by atoms with Crippen LogP contribution >= 0.6 is 11.6 Å². The molecular formula is C8H7ClFNO. The molecule has 1 aromatic carbocycles. The van der Waals surface area contributed by atoms with Crippen LogP contribution in [0.3, 0.4) is 0 Å². The van der Waals surface area contributed by atoms with E-state index in [1.54, 1.807) is 13.0 Å². The number of hydrogen-bond acceptors (Lipinski definition) is 2. The van der Waals surface area contributed by atoms with Gasteiger partial charge in [0, 0.05) is 5.56 Å². The second-order valence-electron chi connectivity index (χ2n) is 2.35. The fourth-order valence-electron chi connectivity index (χ4n) is 0.870. The molecule has 0 radical (unpaired) electrons. The predicted molar refractivity (Wildman–Crippen MR) is 45.3 cm³/mol. The van der Waals surface area contributed by atoms with Crippen LogP contribution in [0.5, 0.6) is 0 Å². The van der Waals surface area contributed by atoms with Gasteiger partial charge in [0.25, 0.3) is 0 Å². The quantitative estimate of drug-likeness (QED) is 0.409. The van der Waals surface area contributed by atoms with Crippen molar-refractivity contribution in [2.24, 2.45) is 5.16 Å². The summed E-state index contributed by atoms with van der Waals surface area (Å²) >= 11 is 5.50. The zero-order chi connectivity index (χ0) is 9.14. The lowest BCUT2D eigenvalue weighted by molar-refractivity contribution is 0.321. The minimum atomic E-state index is -0.405. The van der Waals surface area contributed by atoms with E-state index in [1.165, 1.54) is 12.1 Å². The maximum atomic E-state index is 12.6. The third-order valence-electron chi connectivity index (χ3n) is 1.51. The molecule has 0 saturated heterocycles. The van der Waals surface area contributed by atoms with Gasteiger partial charge >= 0.3 is 0 Å². The maximum Gasteiger partial charge on any atom is 0.175 e. The third-order valence-corrected chi connectivity index (χ3v) is 1.79. The lowest BCUT2D eigenvalue weighted by Gasteiger charge is -2.00. The van der Waals surface area contributed by atoms with E-state index in [-0.39, 0.29) is 5.17 Å². The molecule has 0 unspecified atom stereocenters. The van der Waals surface area contributed by atoms with Crippen LogP contribution in [0.25, 0.3) is 0 Å². The molecule has 0 aromatic heterocycles. The molecule has 0 saturated carbocycles. The molecule has 0 spiro atoms. The van der Waals surface area contributed by atoms with Crippen molar-refractivity contribution >= 4 is 16.8 Å². The summed E-state index contributed by atoms with van der Waals surface area (Å²) in [5.41, 5.74) is 1.17. The molecule has 1 N–H and O–H groups in total. The Morgan fingerprint density at radius 3 is 2.83 bits per heavy atom. The number of benzene rings is 1. The Balaban J connectivity index is 3.23. The van der Waals surface area contributed by atoms with Gasteiger partial charge in [0.2, 0.25) is 0 Å². The fourth-order valence-corrected chi connectivity index (χ4v) is 1.07. The minimum Gasteiger partial charge on any atom is -0.410 e. The summed E-state index contributed by atoms with van der Waals surface area (Å²) in [6.45, 7) is 1.75. The second kappa shape index (κ2) is 3.54. The molecule has 0 aliphatic rings. The van der Waals surface area contributed by atoms with E-state index in [9.17, 15) is 4.39 Å². The molecule has 1 rings (SSSR count). The first-order valence-electron chi connectivity index (χ1n) is 3.29. The highest BCUT2D eigenvalue weighted by Gasteiger charge is 2.05. The van der Waals surface area contributed by atoms with Gasteiger partial charge in [0.05, 0.1) is 0 Å². The van der Waals surface area contributed by atoms with Crippen LogP contribution in [-0.2, 0) is 0 Å². The van der Waals surface area contributed by atoms with Crippen molar-refractivity contribution in [1.82, 2.24) is 0 Å². The molecule has 12 heavy (non-hydrogen) atoms. The Bertz CT molecular complexity index is 325. The number of hydrogen-bond donors (Lipinski definition) is 1. The van der Waals surface area contributed by atoms with Crippen LogP contribution in [0.1, 0.15) is 11.1 Å². The first-order valence-corrected chi connectivity index (χ1v) is 3.67. The van der Waals surface area contributed by atoms with Gasteiger partial charge in [-0.1, -0.05) is 22.8 Å². The maximum absolute atomic E-state index is 12.6. The van der Waals surface area contributed by atoms with Crippen LogP contribution in [0.2, 0.25) is 0 Å². The summed E-state index contributed by atoms with van der Waals surface area (Å²) in [5.74, 6) is -0.405. The topological polar surface area (TPSA) is 32.6 Å². The number of aryl methyl sites for hydroxylation is 1. The highest BCUT2D eigenvalue weighted by molar-refractivity contribution is 6.69. The van der Waals surface area contributed by atoms with E-state index in [0.717, 1.165) is 5.56 Å². The summed E-state index contributed by atoms with van der Waals surface area (Å²) in [5, 5.41) is 11.0. The summed E-state index contributed by atoms with van der Waals surface area (Å²) in [7, 11) is 0. The molecule has 0 fully saturated rings. The van der Waals surface area contributed by atoms with Gasteiger partial charge in [-0.15, -0.1) is 0 Å². The van der Waals surface area contributed by atoms with Crippen molar-refractivity contribution < 1.29 is 9.60 Å². The predicted octanol–water partition coefficient (Wildman–Crippen LogP) is 2.51. The Labute approximate surface area is 74.3 Å². The smallest absolute Gasteiger partial charge is 0.175 e. The third kappa shape index (κ3) is 1.74. The van der Waals surface area contributed by atoms with Gasteiger partial charge in [-0.3, -0.25) is 0 Å². The number of halogens is 2. The van der Waals surface area contributed by atoms with E-state index in [1.807, 2.05) is 0 Å². The molecule has 0 bridgehead atoms. The van der Waals surface area contributed by atoms with Gasteiger partial charge in [0.1, 0.15) is 5.82 Å². The Kier molecular flexibility index (Phi) is 2.65. The standard InChI is InChI=1S/C8H7ClFNO/c1-5-2-3-6(10)4-7(5)8(9)11-12/h2-4,12H,1H3/b11-8-. The van der Waals surface area contributed by atoms with Gasteiger partial charge in [-0.25, -0.2) is 4.39 Å². The first-order chi connectivity index (χ1) is 5.65. The van der Waals surface area contributed by atoms with Crippen LogP contribution in [0.4, 0.5) is 4.39 Å². The average molecular weight is 188 g/mol. The number of rotatable bonds is 1. The van der Waals surface area contributed by atoms with E-state index in [0.29, 0.717) is 5.56 Å². The van der Waals surface area contributed by atoms with Crippen molar-refractivity contribution in [2.75, 3.05) is 0 Å². The summed E-state index contributed by atoms with van der Waals surface area (Å²) < 4.78 is 12.6. The minimum absolute atomic E-state index is 0.105. The zero-order valence-corrected chi connectivity index (χ0v) is 7.14. The van der Waals surface area contributed by atoms with E-state index in [2.05, 4.69) is 5.16 Å². The van der Waals surface area contributed by atoms with Gasteiger partial charge in [0.15, 0.2) is 5.17 Å².